The molecule has 4 heterocycles. The molecule has 0 aliphatic rings. The zero-order valence-corrected chi connectivity index (χ0v) is 14.4. The number of pyridine rings is 1. The summed E-state index contributed by atoms with van der Waals surface area (Å²) < 4.78 is 11.9. The Kier molecular flexibility index (Phi) is 4.52. The fraction of sp³-hybridized carbons (Fsp3) is 0.235. The lowest BCUT2D eigenvalue weighted by atomic mass is 10.3. The molecule has 0 aliphatic carbocycles. The normalized spacial score (nSPS) is 11.0. The van der Waals surface area contributed by atoms with Crippen LogP contribution in [-0.4, -0.2) is 47.3 Å². The van der Waals surface area contributed by atoms with E-state index < -0.39 is 5.97 Å². The van der Waals surface area contributed by atoms with Crippen molar-refractivity contribution in [3.05, 3.63) is 54.2 Å². The van der Waals surface area contributed by atoms with Crippen molar-refractivity contribution in [1.29, 1.82) is 0 Å². The Hall–Kier alpha value is -3.69. The van der Waals surface area contributed by atoms with Crippen LogP contribution in [0.15, 0.2) is 41.3 Å². The van der Waals surface area contributed by atoms with Crippen molar-refractivity contribution in [3.63, 3.8) is 0 Å². The summed E-state index contributed by atoms with van der Waals surface area (Å²) >= 11 is 0. The van der Waals surface area contributed by atoms with Crippen molar-refractivity contribution >= 4 is 11.7 Å². The van der Waals surface area contributed by atoms with Crippen LogP contribution in [0.1, 0.15) is 28.6 Å². The van der Waals surface area contributed by atoms with Gasteiger partial charge in [0.15, 0.2) is 0 Å². The highest BCUT2D eigenvalue weighted by Gasteiger charge is 2.16. The topological polar surface area (TPSA) is 121 Å². The first-order chi connectivity index (χ1) is 13.2. The van der Waals surface area contributed by atoms with Gasteiger partial charge in [0, 0.05) is 36.3 Å². The van der Waals surface area contributed by atoms with Crippen molar-refractivity contribution in [1.82, 2.24) is 34.7 Å². The molecule has 0 amide bonds. The summed E-state index contributed by atoms with van der Waals surface area (Å²) in [6.07, 6.45) is 5.96. The number of rotatable bonds is 6. The number of aromatic nitrogens is 7. The average Bonchev–Trinajstić information content (AvgIpc) is 3.34. The highest BCUT2D eigenvalue weighted by atomic mass is 16.5. The van der Waals surface area contributed by atoms with Gasteiger partial charge < -0.3 is 9.26 Å². The Bertz CT molecular complexity index is 1070. The van der Waals surface area contributed by atoms with Crippen LogP contribution in [0.4, 0.5) is 0 Å². The van der Waals surface area contributed by atoms with E-state index in [4.69, 9.17) is 9.26 Å². The van der Waals surface area contributed by atoms with Gasteiger partial charge in [-0.15, -0.1) is 5.10 Å². The van der Waals surface area contributed by atoms with Crippen LogP contribution in [0.5, 0.6) is 0 Å². The molecule has 0 bridgehead atoms. The van der Waals surface area contributed by atoms with E-state index in [1.807, 2.05) is 13.0 Å². The fourth-order valence-electron chi connectivity index (χ4n) is 2.41. The molecule has 0 aromatic carbocycles. The summed E-state index contributed by atoms with van der Waals surface area (Å²) in [7, 11) is 0. The van der Waals surface area contributed by atoms with E-state index in [1.54, 1.807) is 30.7 Å². The van der Waals surface area contributed by atoms with E-state index in [9.17, 15) is 4.79 Å². The molecule has 10 heteroatoms. The second-order valence-electron chi connectivity index (χ2n) is 5.73. The van der Waals surface area contributed by atoms with Crippen LogP contribution in [-0.2, 0) is 11.2 Å². The second-order valence-corrected chi connectivity index (χ2v) is 5.73. The molecule has 4 rings (SSSR count). The quantitative estimate of drug-likeness (QED) is 0.371. The van der Waals surface area contributed by atoms with Gasteiger partial charge in [-0.3, -0.25) is 4.98 Å². The van der Waals surface area contributed by atoms with Gasteiger partial charge in [-0.2, -0.15) is 9.97 Å². The molecule has 0 N–H and O–H groups in total. The van der Waals surface area contributed by atoms with Gasteiger partial charge in [-0.05, 0) is 31.5 Å². The number of fused-ring (bicyclic) bond motifs is 1. The van der Waals surface area contributed by atoms with Crippen molar-refractivity contribution in [3.8, 4) is 11.4 Å². The molecule has 4 aromatic rings. The number of hydrogen-bond donors (Lipinski definition) is 0. The van der Waals surface area contributed by atoms with Gasteiger partial charge >= 0.3 is 5.97 Å². The Labute approximate surface area is 153 Å². The Balaban J connectivity index is 1.30. The molecule has 0 fully saturated rings. The fourth-order valence-corrected chi connectivity index (χ4v) is 2.41. The maximum atomic E-state index is 12.1. The summed E-state index contributed by atoms with van der Waals surface area (Å²) in [4.78, 5) is 28.5. The number of esters is 1. The van der Waals surface area contributed by atoms with Gasteiger partial charge in [0.1, 0.15) is 0 Å². The van der Waals surface area contributed by atoms with E-state index in [0.717, 1.165) is 11.3 Å². The number of aryl methyl sites for hydroxylation is 2. The number of hydrogen-bond acceptors (Lipinski definition) is 9. The second kappa shape index (κ2) is 7.28. The molecule has 0 radical (unpaired) electrons. The SMILES string of the molecule is Cc1ccnc2nc(C(=O)OCCCc3nc(-c4cccnc4)no3)nn12. The summed E-state index contributed by atoms with van der Waals surface area (Å²) in [6, 6.07) is 5.43. The summed E-state index contributed by atoms with van der Waals surface area (Å²) in [6.45, 7) is 2.04. The zero-order chi connectivity index (χ0) is 18.6. The predicted octanol–water partition coefficient (Wildman–Crippen LogP) is 1.67. The molecule has 0 unspecified atom stereocenters. The van der Waals surface area contributed by atoms with Gasteiger partial charge in [-0.1, -0.05) is 5.16 Å². The molecule has 0 saturated heterocycles. The minimum absolute atomic E-state index is 0.0199. The van der Waals surface area contributed by atoms with E-state index in [-0.39, 0.29) is 12.4 Å². The van der Waals surface area contributed by atoms with E-state index >= 15 is 0 Å². The Morgan fingerprint density at radius 2 is 2.19 bits per heavy atom. The van der Waals surface area contributed by atoms with Crippen LogP contribution in [0.25, 0.3) is 17.2 Å². The zero-order valence-electron chi connectivity index (χ0n) is 14.4. The Morgan fingerprint density at radius 1 is 1.26 bits per heavy atom. The minimum Gasteiger partial charge on any atom is -0.460 e. The average molecular weight is 365 g/mol. The molecule has 0 saturated carbocycles. The summed E-state index contributed by atoms with van der Waals surface area (Å²) in [5.41, 5.74) is 1.60. The van der Waals surface area contributed by atoms with E-state index in [1.165, 1.54) is 4.52 Å². The molecule has 4 aromatic heterocycles. The van der Waals surface area contributed by atoms with Gasteiger partial charge in [0.25, 0.3) is 11.6 Å². The van der Waals surface area contributed by atoms with Crippen LogP contribution in [0.2, 0.25) is 0 Å². The van der Waals surface area contributed by atoms with Crippen molar-refractivity contribution in [2.75, 3.05) is 6.61 Å². The van der Waals surface area contributed by atoms with Gasteiger partial charge in [-0.25, -0.2) is 14.3 Å². The summed E-state index contributed by atoms with van der Waals surface area (Å²) in [5.74, 6) is 0.688. The molecule has 10 nitrogen and oxygen atoms in total. The van der Waals surface area contributed by atoms with Crippen molar-refractivity contribution < 1.29 is 14.1 Å². The third-order valence-electron chi connectivity index (χ3n) is 3.77. The number of nitrogens with zero attached hydrogens (tertiary/aromatic N) is 7. The molecule has 0 spiro atoms. The third kappa shape index (κ3) is 3.64. The maximum absolute atomic E-state index is 12.1. The third-order valence-corrected chi connectivity index (χ3v) is 3.77. The molecule has 0 atom stereocenters. The number of carbonyl (C=O) groups excluding carboxylic acids is 1. The first-order valence-corrected chi connectivity index (χ1v) is 8.29. The lowest BCUT2D eigenvalue weighted by Gasteiger charge is -1.99. The molecule has 0 aliphatic heterocycles. The highest BCUT2D eigenvalue weighted by molar-refractivity contribution is 5.85. The minimum atomic E-state index is -0.596. The van der Waals surface area contributed by atoms with E-state index in [2.05, 4.69) is 30.2 Å². The Morgan fingerprint density at radius 3 is 3.00 bits per heavy atom. The lowest BCUT2D eigenvalue weighted by molar-refractivity contribution is 0.0484. The molecular weight excluding hydrogens is 350 g/mol. The smallest absolute Gasteiger partial charge is 0.378 e. The van der Waals surface area contributed by atoms with Crippen LogP contribution >= 0.6 is 0 Å². The van der Waals surface area contributed by atoms with Crippen molar-refractivity contribution in [2.24, 2.45) is 0 Å². The van der Waals surface area contributed by atoms with Crippen LogP contribution in [0, 0.1) is 6.92 Å². The van der Waals surface area contributed by atoms with E-state index in [0.29, 0.717) is 30.3 Å². The number of carbonyl (C=O) groups is 1. The monoisotopic (exact) mass is 365 g/mol. The van der Waals surface area contributed by atoms with Crippen LogP contribution < -0.4 is 0 Å². The molecule has 136 valence electrons. The lowest BCUT2D eigenvalue weighted by Crippen LogP contribution is -2.09. The first kappa shape index (κ1) is 16.8. The predicted molar refractivity (Wildman–Crippen MR) is 91.7 cm³/mol. The maximum Gasteiger partial charge on any atom is 0.378 e. The first-order valence-electron chi connectivity index (χ1n) is 8.29. The molecular formula is C17H15N7O3. The standard InChI is InChI=1S/C17H15N7O3/c1-11-6-8-19-17-21-15(22-24(11)17)16(25)26-9-3-5-13-20-14(23-27-13)12-4-2-7-18-10-12/h2,4,6-8,10H,3,5,9H2,1H3. The summed E-state index contributed by atoms with van der Waals surface area (Å²) in [5, 5.41) is 8.02. The highest BCUT2D eigenvalue weighted by Crippen LogP contribution is 2.14. The van der Waals surface area contributed by atoms with Gasteiger partial charge in [0.05, 0.1) is 6.61 Å². The van der Waals surface area contributed by atoms with Gasteiger partial charge in [0.2, 0.25) is 11.7 Å². The molecule has 27 heavy (non-hydrogen) atoms. The van der Waals surface area contributed by atoms with Crippen LogP contribution in [0.3, 0.4) is 0 Å². The largest absolute Gasteiger partial charge is 0.460 e. The number of ether oxygens (including phenoxy) is 1. The van der Waals surface area contributed by atoms with Crippen molar-refractivity contribution in [2.45, 2.75) is 19.8 Å².